The van der Waals surface area contributed by atoms with E-state index in [1.807, 2.05) is 25.4 Å². The number of benzene rings is 1. The Labute approximate surface area is 106 Å². The molecule has 0 radical (unpaired) electrons. The summed E-state index contributed by atoms with van der Waals surface area (Å²) >= 11 is 0. The van der Waals surface area contributed by atoms with E-state index in [0.29, 0.717) is 12.0 Å². The Morgan fingerprint density at radius 3 is 2.83 bits per heavy atom. The molecule has 2 aromatic rings. The summed E-state index contributed by atoms with van der Waals surface area (Å²) in [7, 11) is 0. The number of rotatable bonds is 2. The fourth-order valence-corrected chi connectivity index (χ4v) is 2.41. The molecule has 1 aliphatic carbocycles. The van der Waals surface area contributed by atoms with Crippen LogP contribution in [-0.4, -0.2) is 9.97 Å². The highest BCUT2D eigenvalue weighted by Gasteiger charge is 2.22. The summed E-state index contributed by atoms with van der Waals surface area (Å²) in [5, 5.41) is 3.38. The minimum Gasteiger partial charge on any atom is -0.399 e. The van der Waals surface area contributed by atoms with Crippen molar-refractivity contribution in [3.05, 3.63) is 47.3 Å². The maximum Gasteiger partial charge on any atom is 0.223 e. The van der Waals surface area contributed by atoms with Crippen LogP contribution in [0.5, 0.6) is 0 Å². The fourth-order valence-electron chi connectivity index (χ4n) is 2.41. The molecular weight excluding hydrogens is 224 g/mol. The number of fused-ring (bicyclic) bond motifs is 1. The molecule has 1 unspecified atom stereocenters. The molecule has 0 saturated heterocycles. The van der Waals surface area contributed by atoms with Gasteiger partial charge < -0.3 is 11.1 Å². The van der Waals surface area contributed by atoms with Gasteiger partial charge >= 0.3 is 0 Å². The summed E-state index contributed by atoms with van der Waals surface area (Å²) in [6.45, 7) is 1.98. The lowest BCUT2D eigenvalue weighted by atomic mass is 10.1. The number of nitrogen functional groups attached to an aromatic ring is 1. The van der Waals surface area contributed by atoms with Gasteiger partial charge in [0.1, 0.15) is 0 Å². The highest BCUT2D eigenvalue weighted by atomic mass is 15.1. The lowest BCUT2D eigenvalue weighted by Gasteiger charge is -2.14. The van der Waals surface area contributed by atoms with Gasteiger partial charge in [0.15, 0.2) is 0 Å². The van der Waals surface area contributed by atoms with Crippen molar-refractivity contribution >= 4 is 11.6 Å². The van der Waals surface area contributed by atoms with Gasteiger partial charge in [0.2, 0.25) is 5.95 Å². The van der Waals surface area contributed by atoms with Gasteiger partial charge in [-0.1, -0.05) is 6.07 Å². The molecule has 0 spiro atoms. The largest absolute Gasteiger partial charge is 0.399 e. The zero-order valence-electron chi connectivity index (χ0n) is 10.4. The Morgan fingerprint density at radius 1 is 1.28 bits per heavy atom. The molecule has 1 aliphatic rings. The van der Waals surface area contributed by atoms with Crippen LogP contribution in [-0.2, 0) is 6.42 Å². The van der Waals surface area contributed by atoms with Crippen LogP contribution >= 0.6 is 0 Å². The second kappa shape index (κ2) is 4.29. The molecule has 0 fully saturated rings. The molecule has 4 heteroatoms. The van der Waals surface area contributed by atoms with Crippen LogP contribution in [0.4, 0.5) is 11.6 Å². The molecule has 3 N–H and O–H groups in total. The first-order valence-corrected chi connectivity index (χ1v) is 6.16. The summed E-state index contributed by atoms with van der Waals surface area (Å²) < 4.78 is 0. The quantitative estimate of drug-likeness (QED) is 0.791. The number of nitrogens with two attached hydrogens (primary N) is 1. The maximum absolute atomic E-state index is 5.80. The molecule has 4 nitrogen and oxygen atoms in total. The smallest absolute Gasteiger partial charge is 0.223 e. The monoisotopic (exact) mass is 240 g/mol. The van der Waals surface area contributed by atoms with Crippen LogP contribution in [0, 0.1) is 6.92 Å². The minimum atomic E-state index is 0.295. The molecule has 3 rings (SSSR count). The molecule has 1 aromatic heterocycles. The Morgan fingerprint density at radius 2 is 2.06 bits per heavy atom. The number of aryl methyl sites for hydroxylation is 2. The molecule has 0 bridgehead atoms. The zero-order chi connectivity index (χ0) is 12.5. The number of hydrogen-bond donors (Lipinski definition) is 2. The zero-order valence-corrected chi connectivity index (χ0v) is 10.4. The van der Waals surface area contributed by atoms with Crippen molar-refractivity contribution < 1.29 is 0 Å². The predicted octanol–water partition coefficient (Wildman–Crippen LogP) is 2.47. The van der Waals surface area contributed by atoms with E-state index >= 15 is 0 Å². The van der Waals surface area contributed by atoms with Crippen LogP contribution < -0.4 is 11.1 Å². The van der Waals surface area contributed by atoms with Crippen molar-refractivity contribution in [2.45, 2.75) is 25.8 Å². The van der Waals surface area contributed by atoms with Gasteiger partial charge in [-0.05, 0) is 48.6 Å². The fraction of sp³-hybridized carbons (Fsp3) is 0.286. The van der Waals surface area contributed by atoms with Gasteiger partial charge in [0, 0.05) is 18.1 Å². The average molecular weight is 240 g/mol. The first-order valence-electron chi connectivity index (χ1n) is 6.16. The molecule has 0 saturated carbocycles. The summed E-state index contributed by atoms with van der Waals surface area (Å²) in [6, 6.07) is 6.41. The van der Waals surface area contributed by atoms with Crippen LogP contribution in [0.2, 0.25) is 0 Å². The Hall–Kier alpha value is -2.10. The molecule has 0 aliphatic heterocycles. The summed E-state index contributed by atoms with van der Waals surface area (Å²) in [4.78, 5) is 8.57. The molecular formula is C14H16N4. The van der Waals surface area contributed by atoms with E-state index in [2.05, 4.69) is 27.4 Å². The molecule has 1 atom stereocenters. The third-order valence-electron chi connectivity index (χ3n) is 3.33. The third kappa shape index (κ3) is 2.01. The topological polar surface area (TPSA) is 63.8 Å². The van der Waals surface area contributed by atoms with Gasteiger partial charge in [-0.2, -0.15) is 0 Å². The van der Waals surface area contributed by atoms with Gasteiger partial charge in [-0.25, -0.2) is 9.97 Å². The standard InChI is InChI=1S/C14H16N4/c1-9-7-16-14(17-8-9)18-13-5-2-10-6-11(15)3-4-12(10)13/h3-4,6-8,13H,2,5,15H2,1H3,(H,16,17,18). The van der Waals surface area contributed by atoms with E-state index < -0.39 is 0 Å². The number of aromatic nitrogens is 2. The van der Waals surface area contributed by atoms with Crippen molar-refractivity contribution in [1.29, 1.82) is 0 Å². The van der Waals surface area contributed by atoms with E-state index in [0.717, 1.165) is 24.1 Å². The van der Waals surface area contributed by atoms with E-state index in [9.17, 15) is 0 Å². The summed E-state index contributed by atoms with van der Waals surface area (Å²) in [6.07, 6.45) is 5.78. The van der Waals surface area contributed by atoms with E-state index in [-0.39, 0.29) is 0 Å². The van der Waals surface area contributed by atoms with E-state index in [4.69, 9.17) is 5.73 Å². The van der Waals surface area contributed by atoms with E-state index in [1.54, 1.807) is 0 Å². The second-order valence-electron chi connectivity index (χ2n) is 4.78. The molecule has 1 aromatic carbocycles. The number of nitrogens with one attached hydrogen (secondary N) is 1. The number of nitrogens with zero attached hydrogens (tertiary/aromatic N) is 2. The van der Waals surface area contributed by atoms with Crippen LogP contribution in [0.3, 0.4) is 0 Å². The first-order chi connectivity index (χ1) is 8.72. The van der Waals surface area contributed by atoms with Gasteiger partial charge in [-0.3, -0.25) is 0 Å². The summed E-state index contributed by atoms with van der Waals surface area (Å²) in [5.74, 6) is 0.690. The van der Waals surface area contributed by atoms with Gasteiger partial charge in [0.25, 0.3) is 0 Å². The molecule has 92 valence electrons. The SMILES string of the molecule is Cc1cnc(NC2CCc3cc(N)ccc32)nc1. The van der Waals surface area contributed by atoms with Crippen LogP contribution in [0.25, 0.3) is 0 Å². The molecule has 18 heavy (non-hydrogen) atoms. The van der Waals surface area contributed by atoms with Crippen molar-refractivity contribution in [1.82, 2.24) is 9.97 Å². The summed E-state index contributed by atoms with van der Waals surface area (Å²) in [5.41, 5.74) is 10.4. The van der Waals surface area contributed by atoms with Gasteiger partial charge in [-0.15, -0.1) is 0 Å². The Bertz CT molecular complexity index is 563. The molecule has 1 heterocycles. The highest BCUT2D eigenvalue weighted by Crippen LogP contribution is 2.34. The first kappa shape index (κ1) is 11.0. The lowest BCUT2D eigenvalue weighted by molar-refractivity contribution is 0.750. The van der Waals surface area contributed by atoms with Crippen molar-refractivity contribution in [3.8, 4) is 0 Å². The lowest BCUT2D eigenvalue weighted by Crippen LogP contribution is -2.09. The highest BCUT2D eigenvalue weighted by molar-refractivity contribution is 5.49. The van der Waals surface area contributed by atoms with Gasteiger partial charge in [0.05, 0.1) is 6.04 Å². The molecule has 0 amide bonds. The minimum absolute atomic E-state index is 0.295. The third-order valence-corrected chi connectivity index (χ3v) is 3.33. The predicted molar refractivity (Wildman–Crippen MR) is 72.3 cm³/mol. The van der Waals surface area contributed by atoms with Crippen molar-refractivity contribution in [2.75, 3.05) is 11.1 Å². The van der Waals surface area contributed by atoms with Crippen LogP contribution in [0.1, 0.15) is 29.2 Å². The van der Waals surface area contributed by atoms with Crippen molar-refractivity contribution in [2.24, 2.45) is 0 Å². The second-order valence-corrected chi connectivity index (χ2v) is 4.78. The Balaban J connectivity index is 1.82. The maximum atomic E-state index is 5.80. The van der Waals surface area contributed by atoms with Crippen molar-refractivity contribution in [3.63, 3.8) is 0 Å². The van der Waals surface area contributed by atoms with E-state index in [1.165, 1.54) is 11.1 Å². The number of hydrogen-bond acceptors (Lipinski definition) is 4. The van der Waals surface area contributed by atoms with Crippen LogP contribution in [0.15, 0.2) is 30.6 Å². The number of anilines is 2. The average Bonchev–Trinajstić information content (AvgIpc) is 2.74. The normalized spacial score (nSPS) is 17.5. The Kier molecular flexibility index (Phi) is 2.63.